The van der Waals surface area contributed by atoms with Gasteiger partial charge in [0.25, 0.3) is 0 Å². The second-order valence-corrected chi connectivity index (χ2v) is 17.4. The zero-order chi connectivity index (χ0) is 28.4. The highest BCUT2D eigenvalue weighted by Crippen LogP contribution is 2.38. The average molecular weight is 548 g/mol. The van der Waals surface area contributed by atoms with Crippen molar-refractivity contribution in [1.29, 1.82) is 0 Å². The molecular weight excluding hydrogens is 494 g/mol. The van der Waals surface area contributed by atoms with Gasteiger partial charge in [-0.2, -0.15) is 0 Å². The molecule has 0 bridgehead atoms. The number of esters is 1. The summed E-state index contributed by atoms with van der Waals surface area (Å²) in [4.78, 5) is 25.1. The van der Waals surface area contributed by atoms with E-state index in [9.17, 15) is 9.59 Å². The number of unbranched alkanes of at least 4 members (excludes halogenated alkanes) is 5. The molecule has 0 unspecified atom stereocenters. The van der Waals surface area contributed by atoms with Crippen LogP contribution in [0.1, 0.15) is 106 Å². The average Bonchev–Trinajstić information content (AvgIpc) is 3.50. The second-order valence-electron chi connectivity index (χ2n) is 12.6. The molecule has 2 aliphatic rings. The van der Waals surface area contributed by atoms with Crippen molar-refractivity contribution >= 4 is 20.2 Å². The van der Waals surface area contributed by atoms with Gasteiger partial charge in [-0.25, -0.2) is 4.79 Å². The number of cyclic esters (lactones) is 1. The van der Waals surface area contributed by atoms with Gasteiger partial charge in [-0.05, 0) is 50.4 Å². The van der Waals surface area contributed by atoms with Gasteiger partial charge in [0, 0.05) is 0 Å². The van der Waals surface area contributed by atoms with Crippen LogP contribution in [0.15, 0.2) is 36.1 Å². The van der Waals surface area contributed by atoms with Crippen LogP contribution in [0.2, 0.25) is 18.1 Å². The van der Waals surface area contributed by atoms with E-state index >= 15 is 0 Å². The predicted molar refractivity (Wildman–Crippen MR) is 157 cm³/mol. The normalized spacial score (nSPS) is 24.6. The summed E-state index contributed by atoms with van der Waals surface area (Å²) in [6.07, 6.45) is 20.9. The fourth-order valence-electron chi connectivity index (χ4n) is 4.26. The minimum atomic E-state index is -2.11. The number of hydrogen-bond acceptors (Lipinski definition) is 5. The van der Waals surface area contributed by atoms with Crippen LogP contribution in [0.25, 0.3) is 0 Å². The Morgan fingerprint density at radius 1 is 1.13 bits per heavy atom. The van der Waals surface area contributed by atoms with Crippen molar-refractivity contribution in [3.8, 4) is 0 Å². The van der Waals surface area contributed by atoms with Crippen LogP contribution in [0.4, 0.5) is 0 Å². The maximum atomic E-state index is 12.9. The zero-order valence-electron chi connectivity index (χ0n) is 25.2. The molecule has 38 heavy (non-hydrogen) atoms. The molecule has 1 saturated heterocycles. The molecule has 1 fully saturated rings. The summed E-state index contributed by atoms with van der Waals surface area (Å²) in [6, 6.07) is 0. The number of hydrogen-bond donors (Lipinski definition) is 1. The quantitative estimate of drug-likeness (QED) is 0.0670. The smallest absolute Gasteiger partial charge is 0.355 e. The van der Waals surface area contributed by atoms with Crippen LogP contribution in [-0.4, -0.2) is 44.1 Å². The van der Waals surface area contributed by atoms with E-state index in [0.717, 1.165) is 6.42 Å². The molecule has 2 aliphatic heterocycles. The first-order valence-electron chi connectivity index (χ1n) is 14.7. The Balaban J connectivity index is 1.87. The molecule has 0 saturated carbocycles. The van der Waals surface area contributed by atoms with Gasteiger partial charge in [-0.3, -0.25) is 4.79 Å². The Morgan fingerprint density at radius 2 is 1.82 bits per heavy atom. The molecule has 216 valence electrons. The summed E-state index contributed by atoms with van der Waals surface area (Å²) in [5.74, 6) is -0.741. The number of amides is 1. The van der Waals surface area contributed by atoms with Crippen LogP contribution in [0.3, 0.4) is 0 Å². The van der Waals surface area contributed by atoms with E-state index in [2.05, 4.69) is 52.2 Å². The minimum Gasteiger partial charge on any atom is -0.450 e. The first-order valence-corrected chi connectivity index (χ1v) is 17.6. The lowest BCUT2D eigenvalue weighted by molar-refractivity contribution is -0.146. The molecule has 2 rings (SSSR count). The van der Waals surface area contributed by atoms with Crippen molar-refractivity contribution in [3.63, 3.8) is 0 Å². The fraction of sp³-hybridized carbons (Fsp3) is 0.742. The molecule has 1 N–H and O–H groups in total. The maximum Gasteiger partial charge on any atom is 0.355 e. The van der Waals surface area contributed by atoms with Gasteiger partial charge >= 0.3 is 5.97 Å². The summed E-state index contributed by atoms with van der Waals surface area (Å²) in [5.41, 5.74) is -0.449. The number of rotatable bonds is 17. The monoisotopic (exact) mass is 547 g/mol. The molecule has 4 atom stereocenters. The van der Waals surface area contributed by atoms with Gasteiger partial charge in [0.1, 0.15) is 11.3 Å². The van der Waals surface area contributed by atoms with E-state index < -0.39 is 19.9 Å². The molecule has 0 aliphatic carbocycles. The Hall–Kier alpha value is -1.70. The second kappa shape index (κ2) is 14.6. The van der Waals surface area contributed by atoms with Crippen molar-refractivity contribution in [1.82, 2.24) is 5.32 Å². The topological polar surface area (TPSA) is 77.2 Å². The SMILES string of the molecule is CCCCCCCC[C@H]1O[C@H]1C/C=C/C=C\[C@@H](CC(=O)NC1=C[C@](C)(CC)OC1=O)O[Si](C)(C)C(C)(C)C. The van der Waals surface area contributed by atoms with Crippen LogP contribution in [0, 0.1) is 0 Å². The van der Waals surface area contributed by atoms with Crippen molar-refractivity contribution in [2.24, 2.45) is 0 Å². The summed E-state index contributed by atoms with van der Waals surface area (Å²) in [7, 11) is -2.11. The highest BCUT2D eigenvalue weighted by atomic mass is 28.4. The van der Waals surface area contributed by atoms with E-state index in [4.69, 9.17) is 13.9 Å². The summed E-state index contributed by atoms with van der Waals surface area (Å²) >= 11 is 0. The highest BCUT2D eigenvalue weighted by Gasteiger charge is 2.40. The maximum absolute atomic E-state index is 12.9. The standard InChI is InChI=1S/C31H53NO5Si/c1-9-11-12-13-14-17-20-26-27(35-26)21-18-15-16-19-24(37-38(7,8)30(3,4)5)22-28(33)32-25-23-31(6,10-2)36-29(25)34/h15-16,18-19,23-24,26-27H,9-14,17,20-22H2,1-8H3,(H,32,33)/b18-15+,19-16-/t24-,26+,27-,31-/m0/s1. The molecule has 0 aromatic heterocycles. The first-order chi connectivity index (χ1) is 17.8. The number of carbonyl (C=O) groups excluding carboxylic acids is 2. The lowest BCUT2D eigenvalue weighted by Crippen LogP contribution is -2.44. The van der Waals surface area contributed by atoms with E-state index in [-0.39, 0.29) is 29.2 Å². The zero-order valence-corrected chi connectivity index (χ0v) is 26.2. The molecule has 1 amide bonds. The summed E-state index contributed by atoms with van der Waals surface area (Å²) < 4.78 is 17.8. The number of ether oxygens (including phenoxy) is 2. The molecule has 0 aromatic carbocycles. The van der Waals surface area contributed by atoms with Crippen molar-refractivity contribution in [2.45, 2.75) is 148 Å². The van der Waals surface area contributed by atoms with Gasteiger partial charge in [-0.1, -0.05) is 97.4 Å². The number of epoxide rings is 1. The largest absolute Gasteiger partial charge is 0.450 e. The first kappa shape index (κ1) is 32.5. The Morgan fingerprint density at radius 3 is 2.45 bits per heavy atom. The highest BCUT2D eigenvalue weighted by molar-refractivity contribution is 6.74. The number of nitrogens with one attached hydrogen (secondary N) is 1. The number of carbonyl (C=O) groups is 2. The van der Waals surface area contributed by atoms with Gasteiger partial charge < -0.3 is 19.2 Å². The fourth-order valence-corrected chi connectivity index (χ4v) is 5.53. The van der Waals surface area contributed by atoms with Crippen molar-refractivity contribution < 1.29 is 23.5 Å². The van der Waals surface area contributed by atoms with Crippen LogP contribution >= 0.6 is 0 Å². The van der Waals surface area contributed by atoms with Gasteiger partial charge in [-0.15, -0.1) is 0 Å². The van der Waals surface area contributed by atoms with Crippen LogP contribution in [0.5, 0.6) is 0 Å². The van der Waals surface area contributed by atoms with E-state index in [1.807, 2.05) is 32.1 Å². The Bertz CT molecular complexity index is 872. The molecule has 7 heteroatoms. The molecule has 0 radical (unpaired) electrons. The minimum absolute atomic E-state index is 0.0143. The van der Waals surface area contributed by atoms with E-state index in [0.29, 0.717) is 18.6 Å². The van der Waals surface area contributed by atoms with Gasteiger partial charge in [0.15, 0.2) is 8.32 Å². The molecule has 0 spiro atoms. The lowest BCUT2D eigenvalue weighted by Gasteiger charge is -2.38. The number of allylic oxidation sites excluding steroid dienone is 2. The third-order valence-corrected chi connectivity index (χ3v) is 12.6. The van der Waals surface area contributed by atoms with Gasteiger partial charge in [0.2, 0.25) is 5.91 Å². The van der Waals surface area contributed by atoms with Crippen molar-refractivity contribution in [3.05, 3.63) is 36.1 Å². The third kappa shape index (κ3) is 10.8. The predicted octanol–water partition coefficient (Wildman–Crippen LogP) is 7.51. The molecule has 6 nitrogen and oxygen atoms in total. The Kier molecular flexibility index (Phi) is 12.5. The Labute approximate surface area is 232 Å². The van der Waals surface area contributed by atoms with Crippen LogP contribution in [-0.2, 0) is 23.5 Å². The summed E-state index contributed by atoms with van der Waals surface area (Å²) in [6.45, 7) is 16.9. The molecular formula is C31H53NO5Si. The van der Waals surface area contributed by atoms with E-state index in [1.54, 1.807) is 6.08 Å². The van der Waals surface area contributed by atoms with Crippen LogP contribution < -0.4 is 5.32 Å². The lowest BCUT2D eigenvalue weighted by atomic mass is 10.0. The molecule has 0 aromatic rings. The summed E-state index contributed by atoms with van der Waals surface area (Å²) in [5, 5.41) is 2.76. The van der Waals surface area contributed by atoms with Gasteiger partial charge in [0.05, 0.1) is 24.7 Å². The van der Waals surface area contributed by atoms with Crippen molar-refractivity contribution in [2.75, 3.05) is 0 Å². The third-order valence-electron chi connectivity index (χ3n) is 8.08. The molecule has 2 heterocycles. The van der Waals surface area contributed by atoms with E-state index in [1.165, 1.54) is 44.9 Å².